The maximum Gasteiger partial charge on any atom is 0.435 e. The number of aryl methyl sites for hydroxylation is 1. The molecule has 2 rings (SSSR count). The van der Waals surface area contributed by atoms with Gasteiger partial charge in [-0.25, -0.2) is 9.18 Å². The summed E-state index contributed by atoms with van der Waals surface area (Å²) in [5, 5.41) is 4.83. The molecule has 0 aliphatic rings. The van der Waals surface area contributed by atoms with E-state index in [1.54, 1.807) is 33.8 Å². The number of halogens is 1. The van der Waals surface area contributed by atoms with Crippen molar-refractivity contribution in [2.24, 2.45) is 0 Å². The average Bonchev–Trinajstić information content (AvgIpc) is 2.53. The van der Waals surface area contributed by atoms with E-state index in [4.69, 9.17) is 4.74 Å². The first-order valence-corrected chi connectivity index (χ1v) is 5.66. The highest BCUT2D eigenvalue weighted by Crippen LogP contribution is 2.20. The van der Waals surface area contributed by atoms with Gasteiger partial charge in [-0.1, -0.05) is 0 Å². The minimum absolute atomic E-state index is 0.410. The number of carbonyl (C=O) groups excluding carboxylic acids is 1. The van der Waals surface area contributed by atoms with Crippen molar-refractivity contribution in [3.8, 4) is 0 Å². The molecule has 0 bridgehead atoms. The Labute approximate surface area is 104 Å². The molecule has 2 aromatic rings. The van der Waals surface area contributed by atoms with Crippen LogP contribution in [0.25, 0.3) is 10.9 Å². The Bertz CT molecular complexity index is 611. The summed E-state index contributed by atoms with van der Waals surface area (Å²) < 4.78 is 19.6. The summed E-state index contributed by atoms with van der Waals surface area (Å²) in [5.74, 6) is -0.410. The molecule has 96 valence electrons. The average molecular weight is 250 g/mol. The van der Waals surface area contributed by atoms with E-state index in [0.29, 0.717) is 11.2 Å². The molecular weight excluding hydrogens is 235 g/mol. The zero-order chi connectivity index (χ0) is 13.5. The van der Waals surface area contributed by atoms with E-state index in [1.807, 2.05) is 0 Å². The third-order valence-electron chi connectivity index (χ3n) is 2.39. The number of fused-ring (bicyclic) bond motifs is 1. The lowest BCUT2D eigenvalue weighted by molar-refractivity contribution is 0.0522. The topological polar surface area (TPSA) is 44.1 Å². The number of nitrogens with zero attached hydrogens (tertiary/aromatic N) is 2. The number of rotatable bonds is 0. The molecule has 0 radical (unpaired) electrons. The van der Waals surface area contributed by atoms with E-state index in [2.05, 4.69) is 5.10 Å². The second-order valence-electron chi connectivity index (χ2n) is 5.14. The maximum atomic E-state index is 13.2. The van der Waals surface area contributed by atoms with Gasteiger partial charge in [0.2, 0.25) is 0 Å². The van der Waals surface area contributed by atoms with Gasteiger partial charge in [-0.2, -0.15) is 9.78 Å². The summed E-state index contributed by atoms with van der Waals surface area (Å²) in [6.45, 7) is 7.07. The summed E-state index contributed by atoms with van der Waals surface area (Å²) in [5.41, 5.74) is 0.467. The quantitative estimate of drug-likeness (QED) is 0.720. The first-order chi connectivity index (χ1) is 8.28. The van der Waals surface area contributed by atoms with Crippen LogP contribution in [-0.2, 0) is 4.74 Å². The van der Waals surface area contributed by atoms with Crippen LogP contribution >= 0.6 is 0 Å². The number of hydrogen-bond acceptors (Lipinski definition) is 3. The molecule has 1 heterocycles. The molecule has 4 nitrogen and oxygen atoms in total. The van der Waals surface area contributed by atoms with Crippen molar-refractivity contribution in [1.82, 2.24) is 9.78 Å². The summed E-state index contributed by atoms with van der Waals surface area (Å²) in [6.07, 6.45) is -0.605. The van der Waals surface area contributed by atoms with Gasteiger partial charge in [0.1, 0.15) is 11.4 Å². The molecule has 0 fully saturated rings. The molecule has 0 unspecified atom stereocenters. The van der Waals surface area contributed by atoms with Gasteiger partial charge >= 0.3 is 6.09 Å². The van der Waals surface area contributed by atoms with E-state index in [0.717, 1.165) is 10.1 Å². The maximum absolute atomic E-state index is 13.2. The zero-order valence-electron chi connectivity index (χ0n) is 10.8. The molecule has 0 aliphatic heterocycles. The molecule has 0 saturated heterocycles. The van der Waals surface area contributed by atoms with Gasteiger partial charge in [0.25, 0.3) is 0 Å². The van der Waals surface area contributed by atoms with Crippen LogP contribution in [0.2, 0.25) is 0 Å². The Balaban J connectivity index is 2.51. The van der Waals surface area contributed by atoms with Crippen LogP contribution in [0.5, 0.6) is 0 Å². The molecule has 1 aromatic heterocycles. The summed E-state index contributed by atoms with van der Waals surface area (Å²) in [4.78, 5) is 12.0. The normalized spacial score (nSPS) is 11.8. The monoisotopic (exact) mass is 250 g/mol. The fourth-order valence-corrected chi connectivity index (χ4v) is 1.69. The Morgan fingerprint density at radius 2 is 2.06 bits per heavy atom. The van der Waals surface area contributed by atoms with Crippen molar-refractivity contribution < 1.29 is 13.9 Å². The van der Waals surface area contributed by atoms with Crippen molar-refractivity contribution in [2.75, 3.05) is 0 Å². The molecular formula is C13H15FN2O2. The van der Waals surface area contributed by atoms with Crippen molar-refractivity contribution >= 4 is 17.0 Å². The molecule has 0 amide bonds. The third kappa shape index (κ3) is 2.34. The first-order valence-electron chi connectivity index (χ1n) is 5.66. The van der Waals surface area contributed by atoms with Gasteiger partial charge < -0.3 is 4.74 Å². The molecule has 0 aliphatic carbocycles. The highest BCUT2D eigenvalue weighted by Gasteiger charge is 2.21. The fourth-order valence-electron chi connectivity index (χ4n) is 1.69. The number of benzene rings is 1. The number of carbonyl (C=O) groups is 1. The van der Waals surface area contributed by atoms with Gasteiger partial charge in [-0.3, -0.25) is 0 Å². The van der Waals surface area contributed by atoms with Crippen molar-refractivity contribution in [1.29, 1.82) is 0 Å². The summed E-state index contributed by atoms with van der Waals surface area (Å²) in [6, 6.07) is 4.23. The Hall–Kier alpha value is -1.91. The van der Waals surface area contributed by atoms with Gasteiger partial charge in [-0.15, -0.1) is 0 Å². The van der Waals surface area contributed by atoms with E-state index < -0.39 is 17.5 Å². The Kier molecular flexibility index (Phi) is 2.84. The second kappa shape index (κ2) is 4.08. The van der Waals surface area contributed by atoms with E-state index in [1.165, 1.54) is 12.1 Å². The SMILES string of the molecule is Cc1nn(C(=O)OC(C)(C)C)c2cc(F)ccc12. The van der Waals surface area contributed by atoms with Crippen LogP contribution in [0.1, 0.15) is 26.5 Å². The van der Waals surface area contributed by atoms with E-state index in [9.17, 15) is 9.18 Å². The Morgan fingerprint density at radius 3 is 2.67 bits per heavy atom. The molecule has 0 spiro atoms. The molecule has 5 heteroatoms. The molecule has 0 N–H and O–H groups in total. The minimum Gasteiger partial charge on any atom is -0.442 e. The van der Waals surface area contributed by atoms with Crippen molar-refractivity contribution in [2.45, 2.75) is 33.3 Å². The predicted octanol–water partition coefficient (Wildman–Crippen LogP) is 3.27. The smallest absolute Gasteiger partial charge is 0.435 e. The van der Waals surface area contributed by atoms with E-state index >= 15 is 0 Å². The first kappa shape index (κ1) is 12.5. The zero-order valence-corrected chi connectivity index (χ0v) is 10.8. The largest absolute Gasteiger partial charge is 0.442 e. The molecule has 18 heavy (non-hydrogen) atoms. The second-order valence-corrected chi connectivity index (χ2v) is 5.14. The predicted molar refractivity (Wildman–Crippen MR) is 66.1 cm³/mol. The van der Waals surface area contributed by atoms with Crippen LogP contribution in [0.4, 0.5) is 9.18 Å². The number of hydrogen-bond donors (Lipinski definition) is 0. The lowest BCUT2D eigenvalue weighted by Gasteiger charge is -2.19. The highest BCUT2D eigenvalue weighted by atomic mass is 19.1. The van der Waals surface area contributed by atoms with Gasteiger partial charge in [-0.05, 0) is 39.8 Å². The fraction of sp³-hybridized carbons (Fsp3) is 0.385. The van der Waals surface area contributed by atoms with Gasteiger partial charge in [0.05, 0.1) is 11.2 Å². The van der Waals surface area contributed by atoms with E-state index in [-0.39, 0.29) is 0 Å². The Morgan fingerprint density at radius 1 is 1.39 bits per heavy atom. The summed E-state index contributed by atoms with van der Waals surface area (Å²) >= 11 is 0. The molecule has 0 atom stereocenters. The summed E-state index contributed by atoms with van der Waals surface area (Å²) in [7, 11) is 0. The minimum atomic E-state index is -0.614. The van der Waals surface area contributed by atoms with Crippen molar-refractivity contribution in [3.05, 3.63) is 29.7 Å². The lowest BCUT2D eigenvalue weighted by atomic mass is 10.2. The number of aromatic nitrogens is 2. The van der Waals surface area contributed by atoms with Crippen LogP contribution in [0, 0.1) is 12.7 Å². The van der Waals surface area contributed by atoms with Crippen LogP contribution in [-0.4, -0.2) is 21.5 Å². The van der Waals surface area contributed by atoms with Crippen LogP contribution in [0.3, 0.4) is 0 Å². The third-order valence-corrected chi connectivity index (χ3v) is 2.39. The molecule has 1 aromatic carbocycles. The standard InChI is InChI=1S/C13H15FN2O2/c1-8-10-6-5-9(14)7-11(10)16(15-8)12(17)18-13(2,3)4/h5-7H,1-4H3. The van der Waals surface area contributed by atoms with Gasteiger partial charge in [0, 0.05) is 11.5 Å². The van der Waals surface area contributed by atoms with Crippen molar-refractivity contribution in [3.63, 3.8) is 0 Å². The van der Waals surface area contributed by atoms with Crippen LogP contribution in [0.15, 0.2) is 18.2 Å². The number of ether oxygens (including phenoxy) is 1. The highest BCUT2D eigenvalue weighted by molar-refractivity contribution is 5.89. The van der Waals surface area contributed by atoms with Gasteiger partial charge in [0.15, 0.2) is 0 Å². The molecule has 0 saturated carbocycles. The lowest BCUT2D eigenvalue weighted by Crippen LogP contribution is -2.27. The van der Waals surface area contributed by atoms with Crippen LogP contribution < -0.4 is 0 Å².